The molecule has 1 aromatic heterocycles. The van der Waals surface area contributed by atoms with Gasteiger partial charge in [-0.1, -0.05) is 11.6 Å². The molecule has 1 fully saturated rings. The van der Waals surface area contributed by atoms with Crippen molar-refractivity contribution in [3.8, 4) is 0 Å². The molecule has 2 aromatic rings. The van der Waals surface area contributed by atoms with Crippen LogP contribution in [0.4, 0.5) is 11.5 Å². The minimum atomic E-state index is -0.312. The van der Waals surface area contributed by atoms with E-state index in [0.717, 1.165) is 50.9 Å². The first-order valence-electron chi connectivity index (χ1n) is 12.0. The number of carbonyl (C=O) groups excluding carboxylic acids is 1. The summed E-state index contributed by atoms with van der Waals surface area (Å²) in [7, 11) is 0. The molecule has 1 amide bonds. The first kappa shape index (κ1) is 26.2. The zero-order valence-electron chi connectivity index (χ0n) is 19.9. The summed E-state index contributed by atoms with van der Waals surface area (Å²) in [5, 5.41) is 6.41. The lowest BCUT2D eigenvalue weighted by Crippen LogP contribution is -2.40. The van der Waals surface area contributed by atoms with E-state index in [9.17, 15) is 9.59 Å². The monoisotopic (exact) mass is 489 g/mol. The van der Waals surface area contributed by atoms with Gasteiger partial charge in [0.1, 0.15) is 5.82 Å². The maximum absolute atomic E-state index is 12.5. The molecular formula is C24H36ClN7O2. The summed E-state index contributed by atoms with van der Waals surface area (Å²) in [6.07, 6.45) is 6.50. The number of hydrogen-bond donors (Lipinski definition) is 4. The third-order valence-corrected chi connectivity index (χ3v) is 6.56. The van der Waals surface area contributed by atoms with Gasteiger partial charge >= 0.3 is 5.69 Å². The van der Waals surface area contributed by atoms with Crippen LogP contribution in [0, 0.1) is 6.92 Å². The summed E-state index contributed by atoms with van der Waals surface area (Å²) in [4.78, 5) is 31.5. The van der Waals surface area contributed by atoms with Crippen LogP contribution in [0.25, 0.3) is 0 Å². The highest BCUT2D eigenvalue weighted by molar-refractivity contribution is 6.32. The van der Waals surface area contributed by atoms with E-state index in [0.29, 0.717) is 54.2 Å². The van der Waals surface area contributed by atoms with Crippen LogP contribution in [-0.4, -0.2) is 59.1 Å². The van der Waals surface area contributed by atoms with Crippen LogP contribution in [0.2, 0.25) is 5.02 Å². The number of halogens is 1. The number of unbranched alkanes of at least 4 members (excludes halogenated alkanes) is 1. The number of carbonyl (C=O) groups is 1. The second kappa shape index (κ2) is 12.9. The van der Waals surface area contributed by atoms with Crippen molar-refractivity contribution in [2.24, 2.45) is 11.5 Å². The van der Waals surface area contributed by atoms with E-state index in [4.69, 9.17) is 23.1 Å². The molecular weight excluding hydrogens is 454 g/mol. The van der Waals surface area contributed by atoms with Crippen LogP contribution < -0.4 is 27.8 Å². The molecule has 0 radical (unpaired) electrons. The molecule has 0 unspecified atom stereocenters. The van der Waals surface area contributed by atoms with Crippen molar-refractivity contribution in [3.05, 3.63) is 51.0 Å². The fourth-order valence-electron chi connectivity index (χ4n) is 3.95. The van der Waals surface area contributed by atoms with Gasteiger partial charge < -0.3 is 27.0 Å². The fourth-order valence-corrected chi connectivity index (χ4v) is 4.17. The van der Waals surface area contributed by atoms with Crippen molar-refractivity contribution in [3.63, 3.8) is 0 Å². The maximum Gasteiger partial charge on any atom is 0.349 e. The molecule has 186 valence electrons. The summed E-state index contributed by atoms with van der Waals surface area (Å²) >= 11 is 6.35. The Bertz CT molecular complexity index is 1020. The van der Waals surface area contributed by atoms with Gasteiger partial charge in [-0.15, -0.1) is 0 Å². The van der Waals surface area contributed by atoms with Crippen LogP contribution in [0.3, 0.4) is 0 Å². The third-order valence-electron chi connectivity index (χ3n) is 6.17. The Balaban J connectivity index is 1.57. The average Bonchev–Trinajstić information content (AvgIpc) is 2.82. The average molecular weight is 490 g/mol. The number of amides is 1. The Kier molecular flexibility index (Phi) is 9.88. The predicted molar refractivity (Wildman–Crippen MR) is 137 cm³/mol. The largest absolute Gasteiger partial charge is 0.352 e. The van der Waals surface area contributed by atoms with E-state index < -0.39 is 0 Å². The summed E-state index contributed by atoms with van der Waals surface area (Å²) in [6.45, 7) is 6.62. The van der Waals surface area contributed by atoms with Crippen molar-refractivity contribution >= 4 is 29.0 Å². The standard InChI is InChI=1S/C24H36ClN7O2/c1-17-20(25)15-18(23(33)28-9-4-8-26)16-21(17)29-22-7-14-32(24(34)30-22)11-3-2-10-31-12-5-19(27)6-13-31/h7,14-16,19H,2-6,8-13,26-27H2,1H3,(H,28,33)(H,29,30,34). The minimum Gasteiger partial charge on any atom is -0.352 e. The van der Waals surface area contributed by atoms with Gasteiger partial charge in [-0.2, -0.15) is 4.98 Å². The van der Waals surface area contributed by atoms with Crippen molar-refractivity contribution in [2.45, 2.75) is 51.6 Å². The third kappa shape index (κ3) is 7.53. The van der Waals surface area contributed by atoms with E-state index >= 15 is 0 Å². The highest BCUT2D eigenvalue weighted by Crippen LogP contribution is 2.27. The van der Waals surface area contributed by atoms with E-state index in [1.54, 1.807) is 29.0 Å². The molecule has 1 saturated heterocycles. The molecule has 0 atom stereocenters. The van der Waals surface area contributed by atoms with E-state index in [1.165, 1.54) is 0 Å². The Morgan fingerprint density at radius 1 is 1.21 bits per heavy atom. The summed E-state index contributed by atoms with van der Waals surface area (Å²) in [6, 6.07) is 5.44. The lowest BCUT2D eigenvalue weighted by Gasteiger charge is -2.29. The van der Waals surface area contributed by atoms with Crippen LogP contribution in [0.5, 0.6) is 0 Å². The Morgan fingerprint density at radius 3 is 2.65 bits per heavy atom. The number of nitrogens with two attached hydrogens (primary N) is 2. The molecule has 3 rings (SSSR count). The Labute approximate surface area is 205 Å². The number of hydrogen-bond acceptors (Lipinski definition) is 7. The van der Waals surface area contributed by atoms with Gasteiger partial charge in [0.25, 0.3) is 5.91 Å². The van der Waals surface area contributed by atoms with E-state index in [-0.39, 0.29) is 11.6 Å². The number of benzene rings is 1. The van der Waals surface area contributed by atoms with Crippen LogP contribution >= 0.6 is 11.6 Å². The SMILES string of the molecule is Cc1c(Cl)cc(C(=O)NCCCN)cc1Nc1ccn(CCCCN2CCC(N)CC2)c(=O)n1. The Morgan fingerprint density at radius 2 is 1.94 bits per heavy atom. The Hall–Kier alpha value is -2.46. The number of anilines is 2. The predicted octanol–water partition coefficient (Wildman–Crippen LogP) is 2.23. The molecule has 2 heterocycles. The summed E-state index contributed by atoms with van der Waals surface area (Å²) in [5.41, 5.74) is 12.9. The molecule has 0 saturated carbocycles. The second-order valence-electron chi connectivity index (χ2n) is 8.83. The highest BCUT2D eigenvalue weighted by Gasteiger charge is 2.15. The first-order valence-corrected chi connectivity index (χ1v) is 12.4. The van der Waals surface area contributed by atoms with Crippen molar-refractivity contribution in [2.75, 3.05) is 38.0 Å². The normalized spacial score (nSPS) is 14.8. The van der Waals surface area contributed by atoms with Crippen molar-refractivity contribution in [1.82, 2.24) is 19.8 Å². The van der Waals surface area contributed by atoms with Gasteiger partial charge in [-0.3, -0.25) is 9.36 Å². The number of aromatic nitrogens is 2. The van der Waals surface area contributed by atoms with Gasteiger partial charge in [0.2, 0.25) is 0 Å². The van der Waals surface area contributed by atoms with Gasteiger partial charge in [-0.25, -0.2) is 4.79 Å². The number of rotatable bonds is 11. The van der Waals surface area contributed by atoms with Crippen LogP contribution in [-0.2, 0) is 6.54 Å². The number of piperidine rings is 1. The molecule has 0 aliphatic carbocycles. The van der Waals surface area contributed by atoms with Crippen LogP contribution in [0.1, 0.15) is 48.0 Å². The lowest BCUT2D eigenvalue weighted by molar-refractivity contribution is 0.0953. The van der Waals surface area contributed by atoms with Crippen molar-refractivity contribution < 1.29 is 4.79 Å². The number of likely N-dealkylation sites (tertiary alicyclic amines) is 1. The van der Waals surface area contributed by atoms with Gasteiger partial charge in [0.05, 0.1) is 0 Å². The van der Waals surface area contributed by atoms with Gasteiger partial charge in [-0.05, 0) is 89.0 Å². The molecule has 10 heteroatoms. The number of aryl methyl sites for hydroxylation is 1. The molecule has 0 spiro atoms. The number of nitrogens with zero attached hydrogens (tertiary/aromatic N) is 3. The molecule has 1 aliphatic rings. The summed E-state index contributed by atoms with van der Waals surface area (Å²) in [5.74, 6) is 0.180. The molecule has 1 aliphatic heterocycles. The molecule has 9 nitrogen and oxygen atoms in total. The molecule has 1 aromatic carbocycles. The quantitative estimate of drug-likeness (QED) is 0.356. The van der Waals surface area contributed by atoms with Gasteiger partial charge in [0.15, 0.2) is 0 Å². The molecule has 6 N–H and O–H groups in total. The zero-order valence-corrected chi connectivity index (χ0v) is 20.6. The van der Waals surface area contributed by atoms with Crippen molar-refractivity contribution in [1.29, 1.82) is 0 Å². The minimum absolute atomic E-state index is 0.228. The fraction of sp³-hybridized carbons (Fsp3) is 0.542. The molecule has 0 bridgehead atoms. The number of nitrogens with one attached hydrogen (secondary N) is 2. The smallest absolute Gasteiger partial charge is 0.349 e. The molecule has 34 heavy (non-hydrogen) atoms. The van der Waals surface area contributed by atoms with Crippen LogP contribution in [0.15, 0.2) is 29.2 Å². The van der Waals surface area contributed by atoms with E-state index in [1.807, 2.05) is 6.92 Å². The zero-order chi connectivity index (χ0) is 24.5. The first-order chi connectivity index (χ1) is 16.4. The topological polar surface area (TPSA) is 131 Å². The lowest BCUT2D eigenvalue weighted by atomic mass is 10.1. The second-order valence-corrected chi connectivity index (χ2v) is 9.24. The van der Waals surface area contributed by atoms with E-state index in [2.05, 4.69) is 20.5 Å². The van der Waals surface area contributed by atoms with Gasteiger partial charge in [0, 0.05) is 41.6 Å². The summed E-state index contributed by atoms with van der Waals surface area (Å²) < 4.78 is 1.62. The maximum atomic E-state index is 12.5. The highest BCUT2D eigenvalue weighted by atomic mass is 35.5.